The number of carboxylic acid groups (broad SMARTS) is 1. The molecule has 1 saturated heterocycles. The maximum atomic E-state index is 12.7. The predicted molar refractivity (Wildman–Crippen MR) is 74.8 cm³/mol. The maximum absolute atomic E-state index is 12.7. The average molecular weight is 301 g/mol. The topological polar surface area (TPSA) is 74.7 Å². The highest BCUT2D eigenvalue weighted by atomic mass is 32.2. The smallest absolute Gasteiger partial charge is 0.322 e. The number of carbonyl (C=O) groups is 1. The van der Waals surface area contributed by atoms with E-state index in [9.17, 15) is 18.3 Å². The van der Waals surface area contributed by atoms with Crippen LogP contribution in [0, 0.1) is 11.8 Å². The fourth-order valence-corrected chi connectivity index (χ4v) is 6.75. The zero-order chi connectivity index (χ0) is 14.3. The summed E-state index contributed by atoms with van der Waals surface area (Å²) >= 11 is 0. The van der Waals surface area contributed by atoms with Gasteiger partial charge in [0.2, 0.25) is 10.0 Å². The highest BCUT2D eigenvalue weighted by Gasteiger charge is 2.54. The Hall–Kier alpha value is -0.620. The Balaban J connectivity index is 1.77. The minimum atomic E-state index is -3.43. The number of hydrogen-bond donors (Lipinski definition) is 1. The van der Waals surface area contributed by atoms with Crippen molar-refractivity contribution in [2.45, 2.75) is 63.5 Å². The van der Waals surface area contributed by atoms with Gasteiger partial charge in [-0.2, -0.15) is 4.31 Å². The first-order chi connectivity index (χ1) is 9.49. The van der Waals surface area contributed by atoms with E-state index in [-0.39, 0.29) is 23.6 Å². The van der Waals surface area contributed by atoms with Crippen molar-refractivity contribution >= 4 is 16.0 Å². The number of carboxylic acids is 1. The molecule has 1 heterocycles. The Kier molecular flexibility index (Phi) is 3.79. The van der Waals surface area contributed by atoms with E-state index >= 15 is 0 Å². The zero-order valence-corrected chi connectivity index (χ0v) is 12.5. The Labute approximate surface area is 120 Å². The van der Waals surface area contributed by atoms with Gasteiger partial charge in [-0.05, 0) is 43.9 Å². The molecule has 2 aliphatic carbocycles. The number of fused-ring (bicyclic) bond motifs is 2. The van der Waals surface area contributed by atoms with Crippen molar-refractivity contribution in [1.82, 2.24) is 4.31 Å². The first-order valence-electron chi connectivity index (χ1n) is 7.73. The largest absolute Gasteiger partial charge is 0.480 e. The van der Waals surface area contributed by atoms with Gasteiger partial charge in [0.1, 0.15) is 6.04 Å². The normalized spacial score (nSPS) is 35.5. The van der Waals surface area contributed by atoms with E-state index in [1.165, 1.54) is 10.7 Å². The lowest BCUT2D eigenvalue weighted by atomic mass is 9.91. The molecule has 3 fully saturated rings. The van der Waals surface area contributed by atoms with Crippen LogP contribution in [0.3, 0.4) is 0 Å². The zero-order valence-electron chi connectivity index (χ0n) is 11.7. The van der Waals surface area contributed by atoms with Crippen LogP contribution in [0.2, 0.25) is 0 Å². The van der Waals surface area contributed by atoms with Gasteiger partial charge < -0.3 is 5.11 Å². The molecule has 5 nitrogen and oxygen atoms in total. The molecule has 1 aliphatic heterocycles. The van der Waals surface area contributed by atoms with E-state index in [1.54, 1.807) is 0 Å². The van der Waals surface area contributed by atoms with Crippen molar-refractivity contribution in [3.05, 3.63) is 0 Å². The molecule has 1 N–H and O–H groups in total. The van der Waals surface area contributed by atoms with E-state index in [0.29, 0.717) is 0 Å². The monoisotopic (exact) mass is 301 g/mol. The van der Waals surface area contributed by atoms with E-state index in [2.05, 4.69) is 0 Å². The molecule has 3 atom stereocenters. The summed E-state index contributed by atoms with van der Waals surface area (Å²) in [7, 11) is -3.43. The number of aliphatic carboxylic acids is 1. The summed E-state index contributed by atoms with van der Waals surface area (Å²) in [4.78, 5) is 11.4. The molecule has 0 amide bonds. The van der Waals surface area contributed by atoms with Gasteiger partial charge in [-0.25, -0.2) is 8.42 Å². The lowest BCUT2D eigenvalue weighted by molar-refractivity contribution is -0.142. The van der Waals surface area contributed by atoms with Crippen LogP contribution in [0.5, 0.6) is 0 Å². The molecule has 2 saturated carbocycles. The van der Waals surface area contributed by atoms with Crippen molar-refractivity contribution in [3.8, 4) is 0 Å². The molecule has 0 aromatic heterocycles. The molecule has 0 unspecified atom stereocenters. The number of rotatable bonds is 4. The molecule has 0 aromatic carbocycles. The van der Waals surface area contributed by atoms with Crippen LogP contribution in [0.4, 0.5) is 0 Å². The molecule has 0 spiro atoms. The van der Waals surface area contributed by atoms with Gasteiger partial charge in [0.05, 0.1) is 5.75 Å². The lowest BCUT2D eigenvalue weighted by Gasteiger charge is -2.33. The fourth-order valence-electron chi connectivity index (χ4n) is 4.39. The summed E-state index contributed by atoms with van der Waals surface area (Å²) in [6.07, 6.45) is 7.78. The molecule has 3 rings (SSSR count). The van der Waals surface area contributed by atoms with Crippen molar-refractivity contribution in [1.29, 1.82) is 0 Å². The third-order valence-electron chi connectivity index (χ3n) is 5.27. The third kappa shape index (κ3) is 2.48. The van der Waals surface area contributed by atoms with E-state index < -0.39 is 22.0 Å². The standard InChI is InChI=1S/C14H23NO4S/c16-14(17)13-11-6-7-12(8-11)15(13)20(18,19)9-10-4-2-1-3-5-10/h10-13H,1-9H2,(H,16,17)/t11-,12+,13+/m1/s1. The quantitative estimate of drug-likeness (QED) is 0.859. The summed E-state index contributed by atoms with van der Waals surface area (Å²) in [6.45, 7) is 0. The van der Waals surface area contributed by atoms with Gasteiger partial charge in [-0.1, -0.05) is 19.3 Å². The Morgan fingerprint density at radius 1 is 1.10 bits per heavy atom. The molecular weight excluding hydrogens is 278 g/mol. The van der Waals surface area contributed by atoms with Gasteiger partial charge >= 0.3 is 5.97 Å². The molecule has 20 heavy (non-hydrogen) atoms. The van der Waals surface area contributed by atoms with Gasteiger partial charge in [0, 0.05) is 6.04 Å². The predicted octanol–water partition coefficient (Wildman–Crippen LogP) is 1.83. The van der Waals surface area contributed by atoms with Gasteiger partial charge in [0.15, 0.2) is 0 Å². The first kappa shape index (κ1) is 14.3. The Morgan fingerprint density at radius 3 is 2.45 bits per heavy atom. The lowest BCUT2D eigenvalue weighted by Crippen LogP contribution is -2.50. The molecule has 6 heteroatoms. The number of hydrogen-bond acceptors (Lipinski definition) is 3. The molecule has 3 aliphatic rings. The molecular formula is C14H23NO4S. The number of nitrogens with zero attached hydrogens (tertiary/aromatic N) is 1. The Morgan fingerprint density at radius 2 is 1.80 bits per heavy atom. The highest BCUT2D eigenvalue weighted by molar-refractivity contribution is 7.89. The molecule has 0 radical (unpaired) electrons. The summed E-state index contributed by atoms with van der Waals surface area (Å²) in [5, 5.41) is 9.37. The van der Waals surface area contributed by atoms with Crippen LogP contribution in [0.25, 0.3) is 0 Å². The first-order valence-corrected chi connectivity index (χ1v) is 9.34. The van der Waals surface area contributed by atoms with Crippen LogP contribution in [0.1, 0.15) is 51.4 Å². The SMILES string of the molecule is O=C(O)[C@@H]1[C@@H]2CC[C@@H](C2)N1S(=O)(=O)CC1CCCCC1. The van der Waals surface area contributed by atoms with E-state index in [4.69, 9.17) is 0 Å². The summed E-state index contributed by atoms with van der Waals surface area (Å²) in [6, 6.07) is -0.864. The Bertz CT molecular complexity index is 483. The summed E-state index contributed by atoms with van der Waals surface area (Å²) in [5.74, 6) is -0.564. The second-order valence-electron chi connectivity index (χ2n) is 6.62. The van der Waals surface area contributed by atoms with Gasteiger partial charge in [0.25, 0.3) is 0 Å². The fraction of sp³-hybridized carbons (Fsp3) is 0.929. The van der Waals surface area contributed by atoms with E-state index in [0.717, 1.165) is 44.9 Å². The molecule has 114 valence electrons. The van der Waals surface area contributed by atoms with E-state index in [1.807, 2.05) is 0 Å². The van der Waals surface area contributed by atoms with Crippen LogP contribution < -0.4 is 0 Å². The number of sulfonamides is 1. The number of piperidine rings is 1. The average Bonchev–Trinajstić information content (AvgIpc) is 2.99. The molecule has 2 bridgehead atoms. The van der Waals surface area contributed by atoms with Crippen LogP contribution in [0.15, 0.2) is 0 Å². The second kappa shape index (κ2) is 5.30. The van der Waals surface area contributed by atoms with Crippen molar-refractivity contribution in [2.24, 2.45) is 11.8 Å². The van der Waals surface area contributed by atoms with Crippen molar-refractivity contribution < 1.29 is 18.3 Å². The van der Waals surface area contributed by atoms with Gasteiger partial charge in [-0.15, -0.1) is 0 Å². The summed E-state index contributed by atoms with van der Waals surface area (Å²) in [5.41, 5.74) is 0. The minimum absolute atomic E-state index is 0.0265. The van der Waals surface area contributed by atoms with Crippen LogP contribution >= 0.6 is 0 Å². The minimum Gasteiger partial charge on any atom is -0.480 e. The third-order valence-corrected chi connectivity index (χ3v) is 7.33. The van der Waals surface area contributed by atoms with Crippen LogP contribution in [-0.2, 0) is 14.8 Å². The van der Waals surface area contributed by atoms with Crippen molar-refractivity contribution in [2.75, 3.05) is 5.75 Å². The highest BCUT2D eigenvalue weighted by Crippen LogP contribution is 2.44. The molecule has 0 aromatic rings. The summed E-state index contributed by atoms with van der Waals surface area (Å²) < 4.78 is 26.7. The maximum Gasteiger partial charge on any atom is 0.322 e. The van der Waals surface area contributed by atoms with Crippen LogP contribution in [-0.4, -0.2) is 41.6 Å². The van der Waals surface area contributed by atoms with Gasteiger partial charge in [-0.3, -0.25) is 4.79 Å². The van der Waals surface area contributed by atoms with Crippen molar-refractivity contribution in [3.63, 3.8) is 0 Å². The second-order valence-corrected chi connectivity index (χ2v) is 8.54.